The number of H-pyrrole nitrogens is 1. The number of fused-ring (bicyclic) bond motifs is 1. The molecule has 0 saturated carbocycles. The highest BCUT2D eigenvalue weighted by Gasteiger charge is 2.21. The molecule has 4 heteroatoms. The van der Waals surface area contributed by atoms with E-state index in [1.807, 2.05) is 12.3 Å². The lowest BCUT2D eigenvalue weighted by Crippen LogP contribution is -2.34. The number of amides is 2. The van der Waals surface area contributed by atoms with E-state index in [0.717, 1.165) is 19.3 Å². The molecule has 0 saturated heterocycles. The molecular weight excluding hydrogens is 166 g/mol. The summed E-state index contributed by atoms with van der Waals surface area (Å²) in [7, 11) is 0. The summed E-state index contributed by atoms with van der Waals surface area (Å²) < 4.78 is 0. The van der Waals surface area contributed by atoms with Gasteiger partial charge in [-0.2, -0.15) is 0 Å². The van der Waals surface area contributed by atoms with Crippen molar-refractivity contribution in [2.24, 2.45) is 5.73 Å². The van der Waals surface area contributed by atoms with Crippen LogP contribution in [0.5, 0.6) is 0 Å². The molecule has 0 radical (unpaired) electrons. The lowest BCUT2D eigenvalue weighted by atomic mass is 9.93. The summed E-state index contributed by atoms with van der Waals surface area (Å²) >= 11 is 0. The van der Waals surface area contributed by atoms with Crippen molar-refractivity contribution < 1.29 is 4.79 Å². The minimum absolute atomic E-state index is 0.104. The topological polar surface area (TPSA) is 70.9 Å². The Morgan fingerprint density at radius 3 is 3.31 bits per heavy atom. The van der Waals surface area contributed by atoms with Crippen LogP contribution in [0.15, 0.2) is 12.3 Å². The Morgan fingerprint density at radius 1 is 1.69 bits per heavy atom. The molecule has 2 rings (SSSR count). The lowest BCUT2D eigenvalue weighted by molar-refractivity contribution is 0.244. The van der Waals surface area contributed by atoms with Crippen molar-refractivity contribution in [2.75, 3.05) is 0 Å². The molecule has 1 atom stereocenters. The van der Waals surface area contributed by atoms with E-state index in [4.69, 9.17) is 5.73 Å². The molecule has 0 aromatic carbocycles. The van der Waals surface area contributed by atoms with E-state index in [9.17, 15) is 4.79 Å². The Morgan fingerprint density at radius 2 is 2.54 bits per heavy atom. The average Bonchev–Trinajstić information content (AvgIpc) is 2.51. The first-order valence-corrected chi connectivity index (χ1v) is 4.49. The van der Waals surface area contributed by atoms with Crippen LogP contribution in [-0.4, -0.2) is 11.0 Å². The third-order valence-corrected chi connectivity index (χ3v) is 2.48. The highest BCUT2D eigenvalue weighted by atomic mass is 16.2. The van der Waals surface area contributed by atoms with E-state index in [-0.39, 0.29) is 6.04 Å². The first-order valence-electron chi connectivity index (χ1n) is 4.49. The molecule has 1 aliphatic carbocycles. The van der Waals surface area contributed by atoms with Crippen molar-refractivity contribution >= 4 is 6.03 Å². The second kappa shape index (κ2) is 3.12. The summed E-state index contributed by atoms with van der Waals surface area (Å²) in [5, 5.41) is 2.74. The van der Waals surface area contributed by atoms with Crippen molar-refractivity contribution in [3.05, 3.63) is 23.5 Å². The highest BCUT2D eigenvalue weighted by Crippen LogP contribution is 2.28. The summed E-state index contributed by atoms with van der Waals surface area (Å²) in [5.41, 5.74) is 7.50. The first-order chi connectivity index (χ1) is 6.27. The molecule has 0 aliphatic heterocycles. The number of rotatable bonds is 1. The molecule has 2 amide bonds. The molecular formula is C9H13N3O. The molecule has 0 bridgehead atoms. The zero-order valence-electron chi connectivity index (χ0n) is 7.34. The van der Waals surface area contributed by atoms with E-state index in [1.165, 1.54) is 11.3 Å². The number of primary amides is 1. The van der Waals surface area contributed by atoms with E-state index >= 15 is 0 Å². The Kier molecular flexibility index (Phi) is 1.96. The van der Waals surface area contributed by atoms with Crippen LogP contribution in [0.3, 0.4) is 0 Å². The van der Waals surface area contributed by atoms with Gasteiger partial charge in [-0.05, 0) is 30.9 Å². The van der Waals surface area contributed by atoms with Gasteiger partial charge in [0.15, 0.2) is 0 Å². The third kappa shape index (κ3) is 1.52. The van der Waals surface area contributed by atoms with Crippen LogP contribution in [0.25, 0.3) is 0 Å². The molecule has 1 unspecified atom stereocenters. The van der Waals surface area contributed by atoms with Gasteiger partial charge in [0, 0.05) is 11.9 Å². The summed E-state index contributed by atoms with van der Waals surface area (Å²) in [6.45, 7) is 0. The van der Waals surface area contributed by atoms with Crippen LogP contribution in [0, 0.1) is 0 Å². The minimum atomic E-state index is -0.445. The summed E-state index contributed by atoms with van der Waals surface area (Å²) in [6, 6.07) is 1.67. The number of nitrogens with one attached hydrogen (secondary N) is 2. The minimum Gasteiger partial charge on any atom is -0.365 e. The molecule has 1 aromatic rings. The van der Waals surface area contributed by atoms with Gasteiger partial charge < -0.3 is 16.0 Å². The summed E-state index contributed by atoms with van der Waals surface area (Å²) in [6.07, 6.45) is 5.05. The van der Waals surface area contributed by atoms with Crippen molar-refractivity contribution in [2.45, 2.75) is 25.3 Å². The van der Waals surface area contributed by atoms with Gasteiger partial charge in [-0.3, -0.25) is 0 Å². The van der Waals surface area contributed by atoms with Gasteiger partial charge >= 0.3 is 6.03 Å². The van der Waals surface area contributed by atoms with Crippen molar-refractivity contribution in [3.8, 4) is 0 Å². The predicted octanol–water partition coefficient (Wildman–Crippen LogP) is 1.06. The molecule has 13 heavy (non-hydrogen) atoms. The van der Waals surface area contributed by atoms with Crippen LogP contribution in [0.2, 0.25) is 0 Å². The van der Waals surface area contributed by atoms with Crippen LogP contribution in [0.1, 0.15) is 30.1 Å². The lowest BCUT2D eigenvalue weighted by Gasteiger charge is -2.22. The number of hydrogen-bond donors (Lipinski definition) is 3. The van der Waals surface area contributed by atoms with Crippen LogP contribution in [-0.2, 0) is 6.42 Å². The third-order valence-electron chi connectivity index (χ3n) is 2.48. The van der Waals surface area contributed by atoms with E-state index in [1.54, 1.807) is 0 Å². The van der Waals surface area contributed by atoms with Crippen LogP contribution in [0.4, 0.5) is 4.79 Å². The molecule has 1 aromatic heterocycles. The number of aromatic nitrogens is 1. The normalized spacial score (nSPS) is 20.8. The van der Waals surface area contributed by atoms with E-state index < -0.39 is 6.03 Å². The molecule has 4 nitrogen and oxygen atoms in total. The van der Waals surface area contributed by atoms with Crippen LogP contribution >= 0.6 is 0 Å². The van der Waals surface area contributed by atoms with Crippen LogP contribution < -0.4 is 11.1 Å². The van der Waals surface area contributed by atoms with Crippen molar-refractivity contribution in [3.63, 3.8) is 0 Å². The molecule has 0 fully saturated rings. The fourth-order valence-corrected chi connectivity index (χ4v) is 1.92. The SMILES string of the molecule is NC(=O)NC1CCCc2[nH]ccc21. The van der Waals surface area contributed by atoms with Gasteiger partial charge in [-0.1, -0.05) is 0 Å². The Labute approximate surface area is 76.5 Å². The van der Waals surface area contributed by atoms with Crippen molar-refractivity contribution in [1.29, 1.82) is 0 Å². The number of urea groups is 1. The fourth-order valence-electron chi connectivity index (χ4n) is 1.92. The standard InChI is InChI=1S/C9H13N3O/c10-9(13)12-8-3-1-2-7-6(8)4-5-11-7/h4-5,8,11H,1-3H2,(H3,10,12,13). The van der Waals surface area contributed by atoms with Gasteiger partial charge in [-0.15, -0.1) is 0 Å². The molecule has 1 heterocycles. The number of carbonyl (C=O) groups excluding carboxylic acids is 1. The second-order valence-corrected chi connectivity index (χ2v) is 3.36. The quantitative estimate of drug-likeness (QED) is 0.592. The number of carbonyl (C=O) groups is 1. The van der Waals surface area contributed by atoms with Gasteiger partial charge in [-0.25, -0.2) is 4.79 Å². The fraction of sp³-hybridized carbons (Fsp3) is 0.444. The number of nitrogens with two attached hydrogens (primary N) is 1. The largest absolute Gasteiger partial charge is 0.365 e. The second-order valence-electron chi connectivity index (χ2n) is 3.36. The Balaban J connectivity index is 2.20. The molecule has 1 aliphatic rings. The highest BCUT2D eigenvalue weighted by molar-refractivity contribution is 5.72. The van der Waals surface area contributed by atoms with Gasteiger partial charge in [0.2, 0.25) is 0 Å². The average molecular weight is 179 g/mol. The van der Waals surface area contributed by atoms with Gasteiger partial charge in [0.05, 0.1) is 6.04 Å². The zero-order valence-corrected chi connectivity index (χ0v) is 7.34. The van der Waals surface area contributed by atoms with Gasteiger partial charge in [0.25, 0.3) is 0 Å². The maximum atomic E-state index is 10.7. The number of hydrogen-bond acceptors (Lipinski definition) is 1. The molecule has 0 spiro atoms. The Bertz CT molecular complexity index is 318. The van der Waals surface area contributed by atoms with E-state index in [0.29, 0.717) is 0 Å². The maximum absolute atomic E-state index is 10.7. The smallest absolute Gasteiger partial charge is 0.312 e. The monoisotopic (exact) mass is 179 g/mol. The molecule has 4 N–H and O–H groups in total. The number of aromatic amines is 1. The Hall–Kier alpha value is -1.45. The predicted molar refractivity (Wildman–Crippen MR) is 49.2 cm³/mol. The van der Waals surface area contributed by atoms with Crippen molar-refractivity contribution in [1.82, 2.24) is 10.3 Å². The zero-order chi connectivity index (χ0) is 9.26. The first kappa shape index (κ1) is 8.16. The molecule has 70 valence electrons. The number of aryl methyl sites for hydroxylation is 1. The maximum Gasteiger partial charge on any atom is 0.312 e. The summed E-state index contributed by atoms with van der Waals surface area (Å²) in [5.74, 6) is 0. The van der Waals surface area contributed by atoms with Gasteiger partial charge in [0.1, 0.15) is 0 Å². The van der Waals surface area contributed by atoms with E-state index in [2.05, 4.69) is 10.3 Å². The summed E-state index contributed by atoms with van der Waals surface area (Å²) in [4.78, 5) is 13.9.